The molecule has 0 atom stereocenters. The SMILES string of the molecule is Oc1ccc2c(ccc3c(O)c(O)ccc32)c1O. The Balaban J connectivity index is 2.56. The number of phenolic OH excluding ortho intramolecular Hbond substituents is 4. The fourth-order valence-corrected chi connectivity index (χ4v) is 2.17. The van der Waals surface area contributed by atoms with E-state index in [0.29, 0.717) is 21.5 Å². The predicted molar refractivity (Wildman–Crippen MR) is 68.1 cm³/mol. The summed E-state index contributed by atoms with van der Waals surface area (Å²) in [5.74, 6) is -0.765. The van der Waals surface area contributed by atoms with Crippen LogP contribution < -0.4 is 0 Å². The van der Waals surface area contributed by atoms with Gasteiger partial charge in [0.2, 0.25) is 0 Å². The molecule has 0 heterocycles. The highest BCUT2D eigenvalue weighted by Gasteiger charge is 2.11. The molecule has 3 rings (SSSR count). The lowest BCUT2D eigenvalue weighted by Crippen LogP contribution is -1.80. The van der Waals surface area contributed by atoms with Gasteiger partial charge in [-0.05, 0) is 47.2 Å². The summed E-state index contributed by atoms with van der Waals surface area (Å²) in [4.78, 5) is 0. The van der Waals surface area contributed by atoms with Crippen LogP contribution in [-0.2, 0) is 0 Å². The molecule has 4 nitrogen and oxygen atoms in total. The van der Waals surface area contributed by atoms with Gasteiger partial charge in [0.25, 0.3) is 0 Å². The number of fused-ring (bicyclic) bond motifs is 3. The number of hydrogen-bond acceptors (Lipinski definition) is 4. The average molecular weight is 242 g/mol. The van der Waals surface area contributed by atoms with Crippen molar-refractivity contribution in [2.75, 3.05) is 0 Å². The average Bonchev–Trinajstić information content (AvgIpc) is 2.38. The Morgan fingerprint density at radius 2 is 0.778 bits per heavy atom. The van der Waals surface area contributed by atoms with Crippen molar-refractivity contribution in [2.45, 2.75) is 0 Å². The van der Waals surface area contributed by atoms with Gasteiger partial charge in [-0.25, -0.2) is 0 Å². The van der Waals surface area contributed by atoms with E-state index in [2.05, 4.69) is 0 Å². The van der Waals surface area contributed by atoms with Crippen LogP contribution in [0.5, 0.6) is 23.0 Å². The quantitative estimate of drug-likeness (QED) is 0.361. The van der Waals surface area contributed by atoms with Gasteiger partial charge in [0.15, 0.2) is 23.0 Å². The highest BCUT2D eigenvalue weighted by molar-refractivity contribution is 6.12. The number of hydrogen-bond donors (Lipinski definition) is 4. The molecule has 0 radical (unpaired) electrons. The molecule has 0 aromatic heterocycles. The number of benzene rings is 3. The monoisotopic (exact) mass is 242 g/mol. The van der Waals surface area contributed by atoms with E-state index in [-0.39, 0.29) is 23.0 Å². The van der Waals surface area contributed by atoms with Crippen LogP contribution in [0.15, 0.2) is 36.4 Å². The predicted octanol–water partition coefficient (Wildman–Crippen LogP) is 2.82. The first-order chi connectivity index (χ1) is 8.59. The number of phenols is 4. The minimum absolute atomic E-state index is 0.190. The first-order valence-corrected chi connectivity index (χ1v) is 5.38. The topological polar surface area (TPSA) is 80.9 Å². The largest absolute Gasteiger partial charge is 0.504 e. The zero-order valence-electron chi connectivity index (χ0n) is 9.25. The molecule has 3 aromatic rings. The summed E-state index contributed by atoms with van der Waals surface area (Å²) < 4.78 is 0. The number of rotatable bonds is 0. The van der Waals surface area contributed by atoms with E-state index in [0.717, 1.165) is 0 Å². The van der Waals surface area contributed by atoms with Gasteiger partial charge in [-0.1, -0.05) is 0 Å². The minimum Gasteiger partial charge on any atom is -0.504 e. The minimum atomic E-state index is -0.193. The van der Waals surface area contributed by atoms with Crippen LogP contribution in [0.3, 0.4) is 0 Å². The molecule has 0 unspecified atom stereocenters. The smallest absolute Gasteiger partial charge is 0.165 e. The molecule has 0 aliphatic rings. The van der Waals surface area contributed by atoms with E-state index >= 15 is 0 Å². The maximum Gasteiger partial charge on any atom is 0.165 e. The van der Waals surface area contributed by atoms with Crippen molar-refractivity contribution in [3.8, 4) is 23.0 Å². The van der Waals surface area contributed by atoms with Gasteiger partial charge in [-0.3, -0.25) is 0 Å². The van der Waals surface area contributed by atoms with Gasteiger partial charge in [0.05, 0.1) is 0 Å². The molecule has 0 fully saturated rings. The summed E-state index contributed by atoms with van der Waals surface area (Å²) in [6.45, 7) is 0. The van der Waals surface area contributed by atoms with E-state index in [1.54, 1.807) is 24.3 Å². The Bertz CT molecular complexity index is 711. The van der Waals surface area contributed by atoms with Crippen molar-refractivity contribution in [3.63, 3.8) is 0 Å². The lowest BCUT2D eigenvalue weighted by Gasteiger charge is -2.08. The van der Waals surface area contributed by atoms with E-state index in [9.17, 15) is 20.4 Å². The molecule has 4 N–H and O–H groups in total. The third-order valence-electron chi connectivity index (χ3n) is 3.10. The molecule has 0 bridgehead atoms. The molecule has 90 valence electrons. The van der Waals surface area contributed by atoms with Crippen LogP contribution in [0, 0.1) is 0 Å². The van der Waals surface area contributed by atoms with Crippen LogP contribution in [0.2, 0.25) is 0 Å². The molecular formula is C14H10O4. The molecule has 3 aromatic carbocycles. The summed E-state index contributed by atoms with van der Waals surface area (Å²) in [5, 5.41) is 40.8. The van der Waals surface area contributed by atoms with E-state index in [1.807, 2.05) is 0 Å². The first-order valence-electron chi connectivity index (χ1n) is 5.38. The van der Waals surface area contributed by atoms with E-state index < -0.39 is 0 Å². The molecule has 0 aliphatic heterocycles. The molecule has 0 amide bonds. The van der Waals surface area contributed by atoms with Crippen molar-refractivity contribution in [3.05, 3.63) is 36.4 Å². The molecule has 4 heteroatoms. The van der Waals surface area contributed by atoms with Crippen LogP contribution in [0.4, 0.5) is 0 Å². The fourth-order valence-electron chi connectivity index (χ4n) is 2.17. The molecule has 0 aliphatic carbocycles. The zero-order valence-corrected chi connectivity index (χ0v) is 9.25. The van der Waals surface area contributed by atoms with Crippen LogP contribution in [0.25, 0.3) is 21.5 Å². The maximum atomic E-state index is 9.78. The van der Waals surface area contributed by atoms with Gasteiger partial charge >= 0.3 is 0 Å². The highest BCUT2D eigenvalue weighted by Crippen LogP contribution is 2.41. The van der Waals surface area contributed by atoms with E-state index in [4.69, 9.17) is 0 Å². The van der Waals surface area contributed by atoms with Crippen molar-refractivity contribution in [1.29, 1.82) is 0 Å². The van der Waals surface area contributed by atoms with E-state index in [1.165, 1.54) is 12.1 Å². The zero-order chi connectivity index (χ0) is 12.9. The Labute approximate surface area is 102 Å². The second-order valence-electron chi connectivity index (χ2n) is 4.12. The van der Waals surface area contributed by atoms with Gasteiger partial charge in [-0.2, -0.15) is 0 Å². The maximum absolute atomic E-state index is 9.78. The van der Waals surface area contributed by atoms with Crippen molar-refractivity contribution >= 4 is 21.5 Å². The molecule has 0 spiro atoms. The van der Waals surface area contributed by atoms with Gasteiger partial charge in [0.1, 0.15) is 0 Å². The lowest BCUT2D eigenvalue weighted by atomic mass is 10.00. The molecule has 0 saturated heterocycles. The Morgan fingerprint density at radius 1 is 0.444 bits per heavy atom. The van der Waals surface area contributed by atoms with Crippen molar-refractivity contribution in [2.24, 2.45) is 0 Å². The standard InChI is InChI=1S/C14H10O4/c15-11-5-3-7-8-4-6-12(16)14(18)10(8)2-1-9(7)13(11)17/h1-6,15-18H. The summed E-state index contributed by atoms with van der Waals surface area (Å²) in [5.41, 5.74) is 0. The Morgan fingerprint density at radius 3 is 1.17 bits per heavy atom. The third-order valence-corrected chi connectivity index (χ3v) is 3.10. The second-order valence-corrected chi connectivity index (χ2v) is 4.12. The van der Waals surface area contributed by atoms with Crippen LogP contribution in [-0.4, -0.2) is 20.4 Å². The van der Waals surface area contributed by atoms with Crippen LogP contribution in [0.1, 0.15) is 0 Å². The van der Waals surface area contributed by atoms with Gasteiger partial charge in [-0.15, -0.1) is 0 Å². The summed E-state index contributed by atoms with van der Waals surface area (Å²) >= 11 is 0. The van der Waals surface area contributed by atoms with Crippen molar-refractivity contribution in [1.82, 2.24) is 0 Å². The van der Waals surface area contributed by atoms with Crippen molar-refractivity contribution < 1.29 is 20.4 Å². The number of aromatic hydroxyl groups is 4. The molecule has 18 heavy (non-hydrogen) atoms. The summed E-state index contributed by atoms with van der Waals surface area (Å²) in [6.07, 6.45) is 0. The normalized spacial score (nSPS) is 11.1. The molecule has 0 saturated carbocycles. The second kappa shape index (κ2) is 3.43. The highest BCUT2D eigenvalue weighted by atomic mass is 16.3. The van der Waals surface area contributed by atoms with Gasteiger partial charge in [0, 0.05) is 10.8 Å². The first kappa shape index (κ1) is 10.5. The third kappa shape index (κ3) is 1.26. The summed E-state index contributed by atoms with van der Waals surface area (Å²) in [7, 11) is 0. The fraction of sp³-hybridized carbons (Fsp3) is 0. The lowest BCUT2D eigenvalue weighted by molar-refractivity contribution is 0.407. The van der Waals surface area contributed by atoms with Gasteiger partial charge < -0.3 is 20.4 Å². The molecular weight excluding hydrogens is 232 g/mol. The Hall–Kier alpha value is -2.62. The van der Waals surface area contributed by atoms with Crippen LogP contribution >= 0.6 is 0 Å². The Kier molecular flexibility index (Phi) is 2.01. The summed E-state index contributed by atoms with van der Waals surface area (Å²) in [6, 6.07) is 9.27.